The number of benzene rings is 1. The zero-order valence-electron chi connectivity index (χ0n) is 12.3. The van der Waals surface area contributed by atoms with Crippen LogP contribution in [0.25, 0.3) is 0 Å². The van der Waals surface area contributed by atoms with E-state index in [9.17, 15) is 14.4 Å². The number of hydrogen-bond acceptors (Lipinski definition) is 3. The molecule has 1 aliphatic rings. The van der Waals surface area contributed by atoms with E-state index < -0.39 is 23.8 Å². The van der Waals surface area contributed by atoms with Gasteiger partial charge >= 0.3 is 11.9 Å². The summed E-state index contributed by atoms with van der Waals surface area (Å²) < 4.78 is 0. The predicted octanol–water partition coefficient (Wildman–Crippen LogP) is 1.71. The maximum Gasteiger partial charge on any atom is 0.318 e. The number of rotatable bonds is 5. The quantitative estimate of drug-likeness (QED) is 0.808. The highest BCUT2D eigenvalue weighted by Gasteiger charge is 2.42. The smallest absolute Gasteiger partial charge is 0.318 e. The Balaban J connectivity index is 2.21. The summed E-state index contributed by atoms with van der Waals surface area (Å²) in [5.41, 5.74) is 0.531. The Morgan fingerprint density at radius 3 is 2.27 bits per heavy atom. The van der Waals surface area contributed by atoms with Crippen LogP contribution in [0.2, 0.25) is 0 Å². The number of nitrogens with zero attached hydrogens (tertiary/aromatic N) is 1. The van der Waals surface area contributed by atoms with Crippen molar-refractivity contribution < 1.29 is 24.6 Å². The average Bonchev–Trinajstić information content (AvgIpc) is 2.96. The van der Waals surface area contributed by atoms with E-state index in [4.69, 9.17) is 10.2 Å². The molecule has 118 valence electrons. The Hall–Kier alpha value is -2.37. The van der Waals surface area contributed by atoms with Gasteiger partial charge in [-0.15, -0.1) is 0 Å². The van der Waals surface area contributed by atoms with Gasteiger partial charge in [-0.2, -0.15) is 0 Å². The van der Waals surface area contributed by atoms with Gasteiger partial charge in [-0.25, -0.2) is 0 Å². The van der Waals surface area contributed by atoms with Gasteiger partial charge in [0, 0.05) is 24.1 Å². The van der Waals surface area contributed by atoms with Crippen molar-refractivity contribution in [2.24, 2.45) is 11.8 Å². The predicted molar refractivity (Wildman–Crippen MR) is 78.4 cm³/mol. The summed E-state index contributed by atoms with van der Waals surface area (Å²) in [6, 6.07) is 8.37. The van der Waals surface area contributed by atoms with E-state index in [1.165, 1.54) is 0 Å². The summed E-state index contributed by atoms with van der Waals surface area (Å²) in [6.07, 6.45) is 1.37. The fourth-order valence-corrected chi connectivity index (χ4v) is 3.12. The van der Waals surface area contributed by atoms with Gasteiger partial charge in [0.2, 0.25) is 0 Å². The number of hydrogen-bond donors (Lipinski definition) is 2. The van der Waals surface area contributed by atoms with Crippen molar-refractivity contribution in [1.82, 2.24) is 4.90 Å². The number of aliphatic carboxylic acids is 2. The van der Waals surface area contributed by atoms with Crippen molar-refractivity contribution in [2.75, 3.05) is 6.54 Å². The minimum absolute atomic E-state index is 0.176. The number of carboxylic acids is 2. The van der Waals surface area contributed by atoms with E-state index in [0.717, 1.165) is 6.42 Å². The van der Waals surface area contributed by atoms with E-state index >= 15 is 0 Å². The summed E-state index contributed by atoms with van der Waals surface area (Å²) in [4.78, 5) is 36.6. The van der Waals surface area contributed by atoms with Crippen LogP contribution >= 0.6 is 0 Å². The van der Waals surface area contributed by atoms with Crippen LogP contribution in [-0.2, 0) is 9.59 Å². The van der Waals surface area contributed by atoms with Crippen molar-refractivity contribution in [1.29, 1.82) is 0 Å². The van der Waals surface area contributed by atoms with Crippen LogP contribution in [0, 0.1) is 11.8 Å². The van der Waals surface area contributed by atoms with E-state index in [-0.39, 0.29) is 11.9 Å². The first-order valence-electron chi connectivity index (χ1n) is 7.25. The molecule has 6 nitrogen and oxygen atoms in total. The fraction of sp³-hybridized carbons (Fsp3) is 0.438. The number of amides is 1. The lowest BCUT2D eigenvalue weighted by Gasteiger charge is -2.31. The molecule has 0 aliphatic carbocycles. The Morgan fingerprint density at radius 2 is 1.73 bits per heavy atom. The number of carboxylic acid groups (broad SMARTS) is 2. The van der Waals surface area contributed by atoms with Crippen LogP contribution in [0.4, 0.5) is 0 Å². The molecule has 2 unspecified atom stereocenters. The molecular formula is C16H19NO5. The van der Waals surface area contributed by atoms with Crippen molar-refractivity contribution in [3.8, 4) is 0 Å². The van der Waals surface area contributed by atoms with Crippen molar-refractivity contribution in [3.63, 3.8) is 0 Å². The van der Waals surface area contributed by atoms with Crippen molar-refractivity contribution in [2.45, 2.75) is 25.8 Å². The second-order valence-electron chi connectivity index (χ2n) is 5.59. The highest BCUT2D eigenvalue weighted by Crippen LogP contribution is 2.30. The molecule has 0 aromatic heterocycles. The van der Waals surface area contributed by atoms with Gasteiger partial charge in [0.25, 0.3) is 5.91 Å². The molecule has 1 aromatic carbocycles. The highest BCUT2D eigenvalue weighted by molar-refractivity contribution is 5.95. The lowest BCUT2D eigenvalue weighted by Crippen LogP contribution is -2.45. The topological polar surface area (TPSA) is 94.9 Å². The molecule has 2 N–H and O–H groups in total. The lowest BCUT2D eigenvalue weighted by molar-refractivity contribution is -0.157. The summed E-state index contributed by atoms with van der Waals surface area (Å²) in [6.45, 7) is 2.11. The molecule has 0 saturated carbocycles. The molecule has 0 bridgehead atoms. The molecule has 0 radical (unpaired) electrons. The number of carbonyl (C=O) groups excluding carboxylic acids is 1. The average molecular weight is 305 g/mol. The van der Waals surface area contributed by atoms with Crippen LogP contribution in [0.5, 0.6) is 0 Å². The van der Waals surface area contributed by atoms with E-state index in [1.807, 2.05) is 6.07 Å². The molecule has 1 heterocycles. The molecular weight excluding hydrogens is 286 g/mol. The number of likely N-dealkylation sites (tertiary alicyclic amines) is 1. The highest BCUT2D eigenvalue weighted by atomic mass is 16.4. The Kier molecular flexibility index (Phi) is 4.80. The normalized spacial score (nSPS) is 19.2. The largest absolute Gasteiger partial charge is 0.481 e. The second kappa shape index (κ2) is 6.60. The minimum atomic E-state index is -1.51. The summed E-state index contributed by atoms with van der Waals surface area (Å²) in [7, 11) is 0. The van der Waals surface area contributed by atoms with Gasteiger partial charge in [-0.3, -0.25) is 14.4 Å². The monoisotopic (exact) mass is 305 g/mol. The zero-order valence-corrected chi connectivity index (χ0v) is 12.3. The summed E-state index contributed by atoms with van der Waals surface area (Å²) >= 11 is 0. The third kappa shape index (κ3) is 3.10. The molecule has 0 spiro atoms. The first kappa shape index (κ1) is 16.0. The van der Waals surface area contributed by atoms with Gasteiger partial charge < -0.3 is 15.1 Å². The third-order valence-corrected chi connectivity index (χ3v) is 4.25. The summed E-state index contributed by atoms with van der Waals surface area (Å²) in [5.74, 6) is -5.05. The van der Waals surface area contributed by atoms with Gasteiger partial charge in [-0.1, -0.05) is 25.1 Å². The molecule has 22 heavy (non-hydrogen) atoms. The van der Waals surface area contributed by atoms with Crippen molar-refractivity contribution >= 4 is 17.8 Å². The van der Waals surface area contributed by atoms with Crippen LogP contribution in [-0.4, -0.2) is 45.5 Å². The van der Waals surface area contributed by atoms with Gasteiger partial charge in [0.05, 0.1) is 0 Å². The molecule has 1 saturated heterocycles. The molecule has 2 atom stereocenters. The Bertz CT molecular complexity index is 557. The lowest BCUT2D eigenvalue weighted by atomic mass is 9.86. The van der Waals surface area contributed by atoms with Crippen molar-refractivity contribution in [3.05, 3.63) is 35.9 Å². The Morgan fingerprint density at radius 1 is 1.14 bits per heavy atom. The van der Waals surface area contributed by atoms with Gasteiger partial charge in [0.1, 0.15) is 0 Å². The van der Waals surface area contributed by atoms with Gasteiger partial charge in [-0.05, 0) is 25.0 Å². The van der Waals surface area contributed by atoms with E-state index in [2.05, 4.69) is 0 Å². The Labute approximate surface area is 128 Å². The minimum Gasteiger partial charge on any atom is -0.481 e. The molecule has 2 rings (SSSR count). The number of carbonyl (C=O) groups is 3. The standard InChI is InChI=1S/C16H19NO5/c1-10(13(15(19)20)16(21)22)12-8-5-9-17(12)14(18)11-6-3-2-4-7-11/h2-4,6-7,10,12-13H,5,8-9H2,1H3,(H,19,20)(H,21,22). The van der Waals surface area contributed by atoms with Crippen LogP contribution in [0.1, 0.15) is 30.1 Å². The second-order valence-corrected chi connectivity index (χ2v) is 5.59. The summed E-state index contributed by atoms with van der Waals surface area (Å²) in [5, 5.41) is 18.3. The van der Waals surface area contributed by atoms with E-state index in [1.54, 1.807) is 36.1 Å². The fourth-order valence-electron chi connectivity index (χ4n) is 3.12. The first-order chi connectivity index (χ1) is 10.4. The molecule has 1 amide bonds. The van der Waals surface area contributed by atoms with Crippen LogP contribution in [0.3, 0.4) is 0 Å². The van der Waals surface area contributed by atoms with Gasteiger partial charge in [0.15, 0.2) is 5.92 Å². The molecule has 1 aliphatic heterocycles. The third-order valence-electron chi connectivity index (χ3n) is 4.25. The van der Waals surface area contributed by atoms with E-state index in [0.29, 0.717) is 18.5 Å². The zero-order chi connectivity index (χ0) is 16.3. The maximum absolute atomic E-state index is 12.6. The SMILES string of the molecule is CC(C(C(=O)O)C(=O)O)C1CCCN1C(=O)c1ccccc1. The molecule has 1 fully saturated rings. The van der Waals surface area contributed by atoms with Crippen LogP contribution < -0.4 is 0 Å². The maximum atomic E-state index is 12.6. The first-order valence-corrected chi connectivity index (χ1v) is 7.25. The van der Waals surface area contributed by atoms with Crippen LogP contribution in [0.15, 0.2) is 30.3 Å². The molecule has 1 aromatic rings. The molecule has 6 heteroatoms.